The number of hydrogen-bond acceptors (Lipinski definition) is 4. The molecular formula is C23H35Cl3N4O3S. The summed E-state index contributed by atoms with van der Waals surface area (Å²) < 4.78 is -1.86. The van der Waals surface area contributed by atoms with Crippen molar-refractivity contribution in [3.63, 3.8) is 0 Å². The fraction of sp³-hybridized carbons (Fsp3) is 0.652. The fourth-order valence-electron chi connectivity index (χ4n) is 3.38. The van der Waals surface area contributed by atoms with Gasteiger partial charge >= 0.3 is 0 Å². The van der Waals surface area contributed by atoms with Crippen molar-refractivity contribution < 1.29 is 9.72 Å². The molecule has 0 spiro atoms. The van der Waals surface area contributed by atoms with Crippen LogP contribution in [0.5, 0.6) is 0 Å². The number of halogens is 3. The second kappa shape index (κ2) is 17.1. The average molecular weight is 554 g/mol. The molecule has 0 aliphatic carbocycles. The van der Waals surface area contributed by atoms with Crippen LogP contribution in [0.15, 0.2) is 24.3 Å². The van der Waals surface area contributed by atoms with Gasteiger partial charge in [0.2, 0.25) is 9.70 Å². The Kier molecular flexibility index (Phi) is 15.5. The number of hydrogen-bond donors (Lipinski definition) is 3. The molecule has 1 atom stereocenters. The highest BCUT2D eigenvalue weighted by Crippen LogP contribution is 2.29. The minimum absolute atomic E-state index is 0.0480. The molecule has 192 valence electrons. The van der Waals surface area contributed by atoms with Gasteiger partial charge in [-0.15, -0.1) is 0 Å². The summed E-state index contributed by atoms with van der Waals surface area (Å²) in [5.74, 6) is -0.252. The maximum atomic E-state index is 12.4. The first-order chi connectivity index (χ1) is 16.1. The summed E-state index contributed by atoms with van der Waals surface area (Å²) in [5, 5.41) is 19.2. The summed E-state index contributed by atoms with van der Waals surface area (Å²) in [6.45, 7) is 2.23. The summed E-state index contributed by atoms with van der Waals surface area (Å²) in [4.78, 5) is 22.8. The Morgan fingerprint density at radius 3 is 2.09 bits per heavy atom. The van der Waals surface area contributed by atoms with E-state index in [2.05, 4.69) is 22.9 Å². The molecule has 1 aromatic carbocycles. The van der Waals surface area contributed by atoms with Crippen molar-refractivity contribution in [2.75, 3.05) is 5.32 Å². The Hall–Kier alpha value is -1.35. The van der Waals surface area contributed by atoms with Crippen LogP contribution in [0.25, 0.3) is 0 Å². The molecule has 0 bridgehead atoms. The number of carbonyl (C=O) groups excluding carboxylic acids is 1. The SMILES string of the molecule is CCCCCCCCCCCCCC(=O)NC(NC(=S)Nc1cccc([N+](=O)[O-])c1)C(Cl)(Cl)Cl. The predicted octanol–water partition coefficient (Wildman–Crippen LogP) is 7.39. The number of alkyl halides is 3. The molecule has 0 saturated heterocycles. The Bertz CT molecular complexity index is 778. The van der Waals surface area contributed by atoms with E-state index in [1.807, 2.05) is 0 Å². The number of nitro benzene ring substituents is 1. The first-order valence-electron chi connectivity index (χ1n) is 11.8. The number of non-ortho nitro benzene ring substituents is 1. The van der Waals surface area contributed by atoms with E-state index in [1.54, 1.807) is 6.07 Å². The van der Waals surface area contributed by atoms with Crippen molar-refractivity contribution in [1.82, 2.24) is 10.6 Å². The number of unbranched alkanes of at least 4 members (excludes halogenated alkanes) is 10. The number of carbonyl (C=O) groups is 1. The molecule has 0 aliphatic heterocycles. The van der Waals surface area contributed by atoms with Crippen molar-refractivity contribution in [3.8, 4) is 0 Å². The average Bonchev–Trinajstić information content (AvgIpc) is 2.76. The molecule has 1 amide bonds. The molecule has 1 rings (SSSR count). The van der Waals surface area contributed by atoms with Crippen molar-refractivity contribution in [2.24, 2.45) is 0 Å². The van der Waals surface area contributed by atoms with E-state index in [0.717, 1.165) is 19.3 Å². The molecule has 0 aromatic heterocycles. The van der Waals surface area contributed by atoms with E-state index in [0.29, 0.717) is 12.1 Å². The van der Waals surface area contributed by atoms with Crippen molar-refractivity contribution in [1.29, 1.82) is 0 Å². The van der Waals surface area contributed by atoms with E-state index in [1.165, 1.54) is 69.6 Å². The van der Waals surface area contributed by atoms with Gasteiger partial charge in [0.1, 0.15) is 6.17 Å². The fourth-order valence-corrected chi connectivity index (χ4v) is 3.94. The van der Waals surface area contributed by atoms with Gasteiger partial charge in [0.25, 0.3) is 5.69 Å². The van der Waals surface area contributed by atoms with Crippen LogP contribution < -0.4 is 16.0 Å². The molecular weight excluding hydrogens is 519 g/mol. The van der Waals surface area contributed by atoms with Crippen molar-refractivity contribution in [3.05, 3.63) is 34.4 Å². The number of benzene rings is 1. The zero-order valence-electron chi connectivity index (χ0n) is 19.6. The standard InChI is InChI=1S/C23H35Cl3N4O3S/c1-2-3-4-5-6-7-8-9-10-11-12-16-20(31)28-21(23(24,25)26)29-22(34)27-18-14-13-15-19(17-18)30(32)33/h13-15,17,21H,2-12,16H2,1H3,(H,28,31)(H2,27,29,34). The first kappa shape index (κ1) is 30.7. The summed E-state index contributed by atoms with van der Waals surface area (Å²) in [5.41, 5.74) is 0.299. The third kappa shape index (κ3) is 14.1. The van der Waals surface area contributed by atoms with Crippen LogP contribution in [0.4, 0.5) is 11.4 Å². The quantitative estimate of drug-likeness (QED) is 0.0493. The topological polar surface area (TPSA) is 96.3 Å². The number of rotatable bonds is 16. The van der Waals surface area contributed by atoms with Gasteiger partial charge < -0.3 is 16.0 Å². The van der Waals surface area contributed by atoms with Gasteiger partial charge in [-0.1, -0.05) is 112 Å². The number of nitro groups is 1. The molecule has 34 heavy (non-hydrogen) atoms. The minimum Gasteiger partial charge on any atom is -0.339 e. The Morgan fingerprint density at radius 2 is 1.56 bits per heavy atom. The molecule has 0 saturated carbocycles. The lowest BCUT2D eigenvalue weighted by molar-refractivity contribution is -0.384. The van der Waals surface area contributed by atoms with Gasteiger partial charge in [0.05, 0.1) is 4.92 Å². The second-order valence-corrected chi connectivity index (χ2v) is 11.0. The molecule has 0 radical (unpaired) electrons. The van der Waals surface area contributed by atoms with Gasteiger partial charge in [0.15, 0.2) is 5.11 Å². The van der Waals surface area contributed by atoms with Gasteiger partial charge in [-0.05, 0) is 24.7 Å². The van der Waals surface area contributed by atoms with E-state index in [9.17, 15) is 14.9 Å². The van der Waals surface area contributed by atoms with Crippen molar-refractivity contribution >= 4 is 69.4 Å². The van der Waals surface area contributed by atoms with Crippen molar-refractivity contribution in [2.45, 2.75) is 93.9 Å². The molecule has 1 unspecified atom stereocenters. The zero-order valence-corrected chi connectivity index (χ0v) is 22.7. The van der Waals surface area contributed by atoms with Gasteiger partial charge in [0, 0.05) is 24.2 Å². The lowest BCUT2D eigenvalue weighted by atomic mass is 10.1. The number of amides is 1. The first-order valence-corrected chi connectivity index (χ1v) is 13.4. The smallest absolute Gasteiger partial charge is 0.271 e. The summed E-state index contributed by atoms with van der Waals surface area (Å²) in [6.07, 6.45) is 12.4. The van der Waals surface area contributed by atoms with Crippen LogP contribution in [-0.4, -0.2) is 25.9 Å². The lowest BCUT2D eigenvalue weighted by Gasteiger charge is -2.27. The summed E-state index contributed by atoms with van der Waals surface area (Å²) in [7, 11) is 0. The van der Waals surface area contributed by atoms with E-state index >= 15 is 0 Å². The molecule has 0 heterocycles. The van der Waals surface area contributed by atoms with Crippen LogP contribution in [0.3, 0.4) is 0 Å². The van der Waals surface area contributed by atoms with E-state index < -0.39 is 14.9 Å². The van der Waals surface area contributed by atoms with Gasteiger partial charge in [-0.2, -0.15) is 0 Å². The van der Waals surface area contributed by atoms with Gasteiger partial charge in [-0.3, -0.25) is 14.9 Å². The number of thiocarbonyl (C=S) groups is 1. The maximum absolute atomic E-state index is 12.4. The van der Waals surface area contributed by atoms with E-state index in [-0.39, 0.29) is 16.7 Å². The number of nitrogens with zero attached hydrogens (tertiary/aromatic N) is 1. The number of anilines is 1. The number of nitrogens with one attached hydrogen (secondary N) is 3. The second-order valence-electron chi connectivity index (χ2n) is 8.23. The Labute approximate surface area is 222 Å². The highest BCUT2D eigenvalue weighted by molar-refractivity contribution is 7.80. The lowest BCUT2D eigenvalue weighted by Crippen LogP contribution is -2.56. The molecule has 3 N–H and O–H groups in total. The molecule has 7 nitrogen and oxygen atoms in total. The third-order valence-electron chi connectivity index (χ3n) is 5.23. The normalized spacial score (nSPS) is 12.1. The maximum Gasteiger partial charge on any atom is 0.271 e. The summed E-state index contributed by atoms with van der Waals surface area (Å²) >= 11 is 23.2. The Morgan fingerprint density at radius 1 is 1.00 bits per heavy atom. The van der Waals surface area contributed by atoms with Gasteiger partial charge in [-0.25, -0.2) is 0 Å². The van der Waals surface area contributed by atoms with E-state index in [4.69, 9.17) is 47.0 Å². The van der Waals surface area contributed by atoms with Crippen LogP contribution in [0.2, 0.25) is 0 Å². The monoisotopic (exact) mass is 552 g/mol. The molecule has 1 aromatic rings. The third-order valence-corrected chi connectivity index (χ3v) is 6.10. The largest absolute Gasteiger partial charge is 0.339 e. The van der Waals surface area contributed by atoms with Crippen LogP contribution in [0, 0.1) is 10.1 Å². The zero-order chi connectivity index (χ0) is 25.4. The van der Waals surface area contributed by atoms with Crippen LogP contribution in [-0.2, 0) is 4.79 Å². The minimum atomic E-state index is -1.86. The molecule has 0 aliphatic rings. The van der Waals surface area contributed by atoms with Crippen LogP contribution in [0.1, 0.15) is 84.0 Å². The highest BCUT2D eigenvalue weighted by Gasteiger charge is 2.34. The highest BCUT2D eigenvalue weighted by atomic mass is 35.6. The summed E-state index contributed by atoms with van der Waals surface area (Å²) in [6, 6.07) is 5.81. The molecule has 0 fully saturated rings. The molecule has 11 heteroatoms. The van der Waals surface area contributed by atoms with Crippen LogP contribution >= 0.6 is 47.0 Å². The predicted molar refractivity (Wildman–Crippen MR) is 146 cm³/mol. The Balaban J connectivity index is 2.33.